The van der Waals surface area contributed by atoms with Gasteiger partial charge in [-0.2, -0.15) is 4.91 Å². The van der Waals surface area contributed by atoms with Crippen LogP contribution in [0.5, 0.6) is 0 Å². The van der Waals surface area contributed by atoms with E-state index in [2.05, 4.69) is 15.1 Å². The van der Waals surface area contributed by atoms with Gasteiger partial charge < -0.3 is 0 Å². The summed E-state index contributed by atoms with van der Waals surface area (Å²) in [6, 6.07) is 6.64. The minimum atomic E-state index is -0.481. The van der Waals surface area contributed by atoms with Gasteiger partial charge in [-0.25, -0.2) is 0 Å². The fourth-order valence-corrected chi connectivity index (χ4v) is 1.76. The normalized spacial score (nSPS) is 12.1. The number of hydrogen-bond acceptors (Lipinski definition) is 4. The van der Waals surface area contributed by atoms with Crippen LogP contribution in [0.4, 0.5) is 0 Å². The van der Waals surface area contributed by atoms with E-state index >= 15 is 0 Å². The van der Waals surface area contributed by atoms with Crippen molar-refractivity contribution in [2.24, 2.45) is 5.18 Å². The summed E-state index contributed by atoms with van der Waals surface area (Å²) in [5.41, 5.74) is 1.52. The van der Waals surface area contributed by atoms with Gasteiger partial charge in [-0.05, 0) is 17.7 Å². The second-order valence-electron chi connectivity index (χ2n) is 3.58. The highest BCUT2D eigenvalue weighted by atomic mass is 35.5. The summed E-state index contributed by atoms with van der Waals surface area (Å²) in [6.07, 6.45) is 5.24. The van der Waals surface area contributed by atoms with Crippen LogP contribution in [0, 0.1) is 4.91 Å². The number of aromatic nitrogens is 2. The van der Waals surface area contributed by atoms with E-state index in [4.69, 9.17) is 11.6 Å². The van der Waals surface area contributed by atoms with Gasteiger partial charge >= 0.3 is 0 Å². The van der Waals surface area contributed by atoms with E-state index in [0.717, 1.165) is 11.3 Å². The number of rotatable bonds is 4. The summed E-state index contributed by atoms with van der Waals surface area (Å²) < 4.78 is 0. The van der Waals surface area contributed by atoms with E-state index in [-0.39, 0.29) is 0 Å². The first kappa shape index (κ1) is 11.7. The average molecular weight is 248 g/mol. The summed E-state index contributed by atoms with van der Waals surface area (Å²) in [6.45, 7) is 0. The molecule has 86 valence electrons. The maximum absolute atomic E-state index is 10.9. The molecule has 1 atom stereocenters. The van der Waals surface area contributed by atoms with E-state index in [9.17, 15) is 4.91 Å². The number of nitrogens with zero attached hydrogens (tertiary/aromatic N) is 3. The highest BCUT2D eigenvalue weighted by Gasteiger charge is 2.13. The number of nitroso groups, excluding NO2 is 1. The van der Waals surface area contributed by atoms with Crippen LogP contribution in [0.25, 0.3) is 0 Å². The molecule has 0 amide bonds. The molecule has 0 N–H and O–H groups in total. The number of halogens is 1. The Balaban J connectivity index is 2.20. The molecule has 17 heavy (non-hydrogen) atoms. The van der Waals surface area contributed by atoms with Gasteiger partial charge in [0.15, 0.2) is 0 Å². The molecular formula is C12H10ClN3O. The third-order valence-electron chi connectivity index (χ3n) is 2.38. The molecule has 5 heteroatoms. The Morgan fingerprint density at radius 2 is 2.24 bits per heavy atom. The van der Waals surface area contributed by atoms with Crippen LogP contribution in [-0.4, -0.2) is 9.97 Å². The predicted molar refractivity (Wildman–Crippen MR) is 65.7 cm³/mol. The Labute approximate surface area is 104 Å². The molecule has 1 unspecified atom stereocenters. The minimum absolute atomic E-state index is 0.428. The summed E-state index contributed by atoms with van der Waals surface area (Å²) >= 11 is 5.88. The number of benzene rings is 1. The van der Waals surface area contributed by atoms with Crippen molar-refractivity contribution in [1.29, 1.82) is 0 Å². The lowest BCUT2D eigenvalue weighted by Gasteiger charge is -2.08. The maximum Gasteiger partial charge on any atom is 0.122 e. The molecule has 2 rings (SSSR count). The van der Waals surface area contributed by atoms with Gasteiger partial charge in [-0.3, -0.25) is 9.97 Å². The van der Waals surface area contributed by atoms with Crippen molar-refractivity contribution >= 4 is 11.6 Å². The first-order valence-corrected chi connectivity index (χ1v) is 5.50. The summed E-state index contributed by atoms with van der Waals surface area (Å²) in [4.78, 5) is 19.0. The van der Waals surface area contributed by atoms with Crippen molar-refractivity contribution in [1.82, 2.24) is 9.97 Å². The molecule has 0 radical (unpaired) electrons. The van der Waals surface area contributed by atoms with Crippen molar-refractivity contribution in [3.63, 3.8) is 0 Å². The molecule has 0 fully saturated rings. The first-order chi connectivity index (χ1) is 8.29. The van der Waals surface area contributed by atoms with Crippen molar-refractivity contribution < 1.29 is 0 Å². The largest absolute Gasteiger partial charge is 0.261 e. The van der Waals surface area contributed by atoms with Crippen LogP contribution < -0.4 is 0 Å². The Hall–Kier alpha value is -1.81. The third-order valence-corrected chi connectivity index (χ3v) is 2.61. The van der Waals surface area contributed by atoms with Crippen molar-refractivity contribution in [3.8, 4) is 0 Å². The Bertz CT molecular complexity index is 504. The molecule has 2 aromatic rings. The van der Waals surface area contributed by atoms with Crippen molar-refractivity contribution in [3.05, 3.63) is 64.0 Å². The zero-order valence-corrected chi connectivity index (χ0v) is 9.71. The summed E-state index contributed by atoms with van der Waals surface area (Å²) in [5.74, 6) is 0. The molecule has 0 spiro atoms. The topological polar surface area (TPSA) is 55.2 Å². The average Bonchev–Trinajstić information content (AvgIpc) is 2.37. The third kappa shape index (κ3) is 3.07. The lowest BCUT2D eigenvalue weighted by molar-refractivity contribution is 0.700. The minimum Gasteiger partial charge on any atom is -0.261 e. The van der Waals surface area contributed by atoms with E-state index < -0.39 is 6.04 Å². The Kier molecular flexibility index (Phi) is 3.77. The SMILES string of the molecule is O=NC(Cc1cnccn1)c1cccc(Cl)c1. The zero-order chi connectivity index (χ0) is 12.1. The van der Waals surface area contributed by atoms with Crippen LogP contribution in [-0.2, 0) is 6.42 Å². The number of hydrogen-bond donors (Lipinski definition) is 0. The van der Waals surface area contributed by atoms with E-state index in [1.807, 2.05) is 6.07 Å². The van der Waals surface area contributed by atoms with E-state index in [1.54, 1.807) is 36.8 Å². The molecule has 0 aliphatic carbocycles. The van der Waals surface area contributed by atoms with Gasteiger partial charge in [0.2, 0.25) is 0 Å². The highest BCUT2D eigenvalue weighted by Crippen LogP contribution is 2.23. The molecule has 0 saturated heterocycles. The van der Waals surface area contributed by atoms with Crippen LogP contribution in [0.15, 0.2) is 48.0 Å². The molecular weight excluding hydrogens is 238 g/mol. The second-order valence-corrected chi connectivity index (χ2v) is 4.01. The fraction of sp³-hybridized carbons (Fsp3) is 0.167. The van der Waals surface area contributed by atoms with Crippen LogP contribution in [0.3, 0.4) is 0 Å². The Morgan fingerprint density at radius 3 is 2.88 bits per heavy atom. The molecule has 1 heterocycles. The molecule has 4 nitrogen and oxygen atoms in total. The smallest absolute Gasteiger partial charge is 0.122 e. The van der Waals surface area contributed by atoms with Gasteiger partial charge in [0.05, 0.1) is 5.69 Å². The predicted octanol–water partition coefficient (Wildman–Crippen LogP) is 3.18. The molecule has 0 aliphatic heterocycles. The van der Waals surface area contributed by atoms with Gasteiger partial charge in [-0.1, -0.05) is 28.9 Å². The fourth-order valence-electron chi connectivity index (χ4n) is 1.56. The lowest BCUT2D eigenvalue weighted by Crippen LogP contribution is -2.01. The summed E-state index contributed by atoms with van der Waals surface area (Å²) in [7, 11) is 0. The second kappa shape index (κ2) is 5.50. The molecule has 0 bridgehead atoms. The van der Waals surface area contributed by atoms with E-state index in [1.165, 1.54) is 0 Å². The highest BCUT2D eigenvalue weighted by molar-refractivity contribution is 6.30. The van der Waals surface area contributed by atoms with Crippen molar-refractivity contribution in [2.75, 3.05) is 0 Å². The summed E-state index contributed by atoms with van der Waals surface area (Å²) in [5, 5.41) is 3.71. The van der Waals surface area contributed by atoms with Crippen LogP contribution >= 0.6 is 11.6 Å². The van der Waals surface area contributed by atoms with Crippen LogP contribution in [0.1, 0.15) is 17.3 Å². The van der Waals surface area contributed by atoms with Gasteiger partial charge in [0, 0.05) is 30.0 Å². The van der Waals surface area contributed by atoms with E-state index in [0.29, 0.717) is 11.4 Å². The Morgan fingerprint density at radius 1 is 1.35 bits per heavy atom. The van der Waals surface area contributed by atoms with Crippen molar-refractivity contribution in [2.45, 2.75) is 12.5 Å². The maximum atomic E-state index is 10.9. The molecule has 1 aromatic carbocycles. The molecule has 0 saturated carbocycles. The van der Waals surface area contributed by atoms with Gasteiger partial charge in [-0.15, -0.1) is 0 Å². The van der Waals surface area contributed by atoms with Crippen LogP contribution in [0.2, 0.25) is 5.02 Å². The van der Waals surface area contributed by atoms with Gasteiger partial charge in [0.1, 0.15) is 6.04 Å². The molecule has 0 aliphatic rings. The standard InChI is InChI=1S/C12H10ClN3O/c13-10-3-1-2-9(6-10)12(16-17)7-11-8-14-4-5-15-11/h1-6,8,12H,7H2. The zero-order valence-electron chi connectivity index (χ0n) is 8.95. The molecule has 1 aromatic heterocycles. The quantitative estimate of drug-likeness (QED) is 0.780. The monoisotopic (exact) mass is 247 g/mol. The lowest BCUT2D eigenvalue weighted by atomic mass is 10.0. The van der Waals surface area contributed by atoms with Gasteiger partial charge in [0.25, 0.3) is 0 Å². The first-order valence-electron chi connectivity index (χ1n) is 5.12.